The average Bonchev–Trinajstić information content (AvgIpc) is 2.81. The quantitative estimate of drug-likeness (QED) is 0.325. The van der Waals surface area contributed by atoms with Crippen LogP contribution in [0.5, 0.6) is 5.75 Å². The minimum atomic E-state index is -0.387. The maximum atomic E-state index is 12.4. The second kappa shape index (κ2) is 8.20. The van der Waals surface area contributed by atoms with Gasteiger partial charge in [0, 0.05) is 40.4 Å². The van der Waals surface area contributed by atoms with Crippen molar-refractivity contribution in [1.82, 2.24) is 4.90 Å². The van der Waals surface area contributed by atoms with Gasteiger partial charge in [-0.3, -0.25) is 4.90 Å². The Bertz CT molecular complexity index is 1290. The normalized spacial score (nSPS) is 17.4. The third kappa shape index (κ3) is 3.61. The van der Waals surface area contributed by atoms with Gasteiger partial charge in [-0.15, -0.1) is 0 Å². The van der Waals surface area contributed by atoms with Crippen LogP contribution in [-0.4, -0.2) is 22.6 Å². The molecule has 4 aromatic rings. The van der Waals surface area contributed by atoms with Crippen molar-refractivity contribution >= 4 is 21.7 Å². The topological polar surface area (TPSA) is 53.7 Å². The highest BCUT2D eigenvalue weighted by atomic mass is 16.4. The molecule has 1 fully saturated rings. The molecule has 5 rings (SSSR count). The number of piperidine rings is 1. The molecular formula is C27H27NO3. The van der Waals surface area contributed by atoms with Crippen LogP contribution in [0.4, 0.5) is 0 Å². The second-order valence-electron chi connectivity index (χ2n) is 8.48. The van der Waals surface area contributed by atoms with E-state index in [1.807, 2.05) is 54.6 Å². The van der Waals surface area contributed by atoms with Crippen LogP contribution < -0.4 is 5.63 Å². The lowest BCUT2D eigenvalue weighted by Gasteiger charge is -2.35. The third-order valence-corrected chi connectivity index (χ3v) is 6.64. The Morgan fingerprint density at radius 1 is 1.00 bits per heavy atom. The summed E-state index contributed by atoms with van der Waals surface area (Å²) in [5.41, 5.74) is 2.87. The zero-order valence-corrected chi connectivity index (χ0v) is 17.8. The number of fused-ring (bicyclic) bond motifs is 3. The number of nitrogens with zero attached hydrogens (tertiary/aromatic N) is 1. The van der Waals surface area contributed by atoms with Crippen LogP contribution in [0.1, 0.15) is 38.2 Å². The van der Waals surface area contributed by atoms with Crippen molar-refractivity contribution in [3.05, 3.63) is 76.6 Å². The van der Waals surface area contributed by atoms with Crippen molar-refractivity contribution in [1.29, 1.82) is 0 Å². The van der Waals surface area contributed by atoms with Gasteiger partial charge in [-0.05, 0) is 49.1 Å². The van der Waals surface area contributed by atoms with Crippen LogP contribution in [-0.2, 0) is 6.54 Å². The minimum Gasteiger partial charge on any atom is -0.507 e. The molecule has 1 N–H and O–H groups in total. The summed E-state index contributed by atoms with van der Waals surface area (Å²) in [5, 5.41) is 13.5. The summed E-state index contributed by atoms with van der Waals surface area (Å²) in [4.78, 5) is 14.9. The van der Waals surface area contributed by atoms with E-state index in [0.29, 0.717) is 11.6 Å². The summed E-state index contributed by atoms with van der Waals surface area (Å²) < 4.78 is 5.64. The fourth-order valence-electron chi connectivity index (χ4n) is 4.99. The standard InChI is InChI=1S/C27H27NO3/c1-2-20-10-6-7-15-28(20)17-19-11-12-22-21(26(19)30)13-14-23-24(16-25(29)31-27(22)23)18-8-4-3-5-9-18/h3-5,8-9,11-14,16,20,30H,2,6-7,10,15,17H2,1H3/t20-/m0/s1. The molecule has 0 unspecified atom stereocenters. The molecule has 4 nitrogen and oxygen atoms in total. The first-order valence-corrected chi connectivity index (χ1v) is 11.2. The van der Waals surface area contributed by atoms with Gasteiger partial charge in [0.2, 0.25) is 0 Å². The number of likely N-dealkylation sites (tertiary alicyclic amines) is 1. The van der Waals surface area contributed by atoms with Gasteiger partial charge in [0.25, 0.3) is 0 Å². The van der Waals surface area contributed by atoms with Gasteiger partial charge in [-0.2, -0.15) is 0 Å². The zero-order valence-electron chi connectivity index (χ0n) is 17.8. The molecule has 1 atom stereocenters. The number of phenols is 1. The first kappa shape index (κ1) is 19.8. The van der Waals surface area contributed by atoms with Crippen LogP contribution in [0.15, 0.2) is 69.9 Å². The lowest BCUT2D eigenvalue weighted by Crippen LogP contribution is -2.38. The summed E-state index contributed by atoms with van der Waals surface area (Å²) in [5.74, 6) is 0.285. The summed E-state index contributed by atoms with van der Waals surface area (Å²) in [6.45, 7) is 4.05. The second-order valence-corrected chi connectivity index (χ2v) is 8.48. The van der Waals surface area contributed by atoms with Crippen molar-refractivity contribution in [2.24, 2.45) is 0 Å². The van der Waals surface area contributed by atoms with Crippen LogP contribution >= 0.6 is 0 Å². The first-order valence-electron chi connectivity index (χ1n) is 11.2. The molecule has 158 valence electrons. The van der Waals surface area contributed by atoms with E-state index in [-0.39, 0.29) is 11.4 Å². The van der Waals surface area contributed by atoms with Crippen molar-refractivity contribution in [2.75, 3.05) is 6.54 Å². The Morgan fingerprint density at radius 2 is 1.77 bits per heavy atom. The van der Waals surface area contributed by atoms with Gasteiger partial charge >= 0.3 is 5.63 Å². The lowest BCUT2D eigenvalue weighted by molar-refractivity contribution is 0.135. The number of hydrogen-bond donors (Lipinski definition) is 1. The van der Waals surface area contributed by atoms with Gasteiger partial charge in [-0.1, -0.05) is 55.8 Å². The molecule has 1 aliphatic rings. The smallest absolute Gasteiger partial charge is 0.336 e. The molecule has 3 aromatic carbocycles. The van der Waals surface area contributed by atoms with E-state index >= 15 is 0 Å². The Hall–Kier alpha value is -3.11. The molecule has 0 amide bonds. The van der Waals surface area contributed by atoms with Crippen molar-refractivity contribution in [3.8, 4) is 16.9 Å². The van der Waals surface area contributed by atoms with Gasteiger partial charge in [0.1, 0.15) is 11.3 Å². The number of phenolic OH excluding ortho intramolecular Hbond substituents is 1. The molecule has 0 bridgehead atoms. The highest BCUT2D eigenvalue weighted by Gasteiger charge is 2.22. The molecule has 0 aliphatic carbocycles. The van der Waals surface area contributed by atoms with Crippen molar-refractivity contribution in [2.45, 2.75) is 45.2 Å². The van der Waals surface area contributed by atoms with Crippen molar-refractivity contribution in [3.63, 3.8) is 0 Å². The molecule has 0 saturated carbocycles. The van der Waals surface area contributed by atoms with Gasteiger partial charge in [-0.25, -0.2) is 4.79 Å². The van der Waals surface area contributed by atoms with Gasteiger partial charge < -0.3 is 9.52 Å². The largest absolute Gasteiger partial charge is 0.507 e. The predicted molar refractivity (Wildman–Crippen MR) is 125 cm³/mol. The van der Waals surface area contributed by atoms with E-state index in [0.717, 1.165) is 52.4 Å². The summed E-state index contributed by atoms with van der Waals surface area (Å²) >= 11 is 0. The molecular weight excluding hydrogens is 386 g/mol. The van der Waals surface area contributed by atoms with E-state index in [1.54, 1.807) is 6.07 Å². The number of rotatable bonds is 4. The maximum absolute atomic E-state index is 12.4. The molecule has 1 aliphatic heterocycles. The fourth-order valence-corrected chi connectivity index (χ4v) is 4.99. The molecule has 2 heterocycles. The molecule has 1 saturated heterocycles. The van der Waals surface area contributed by atoms with Crippen LogP contribution in [0.25, 0.3) is 32.9 Å². The fraction of sp³-hybridized carbons (Fsp3) is 0.296. The average molecular weight is 414 g/mol. The highest BCUT2D eigenvalue weighted by molar-refractivity contribution is 6.10. The van der Waals surface area contributed by atoms with E-state index < -0.39 is 0 Å². The SMILES string of the molecule is CC[C@H]1CCCCN1Cc1ccc2c(ccc3c(-c4ccccc4)cc(=O)oc32)c1O. The third-order valence-electron chi connectivity index (χ3n) is 6.64. The monoisotopic (exact) mass is 413 g/mol. The molecule has 0 spiro atoms. The number of benzene rings is 3. The summed E-state index contributed by atoms with van der Waals surface area (Å²) in [6.07, 6.45) is 4.85. The Labute approximate surface area is 181 Å². The zero-order chi connectivity index (χ0) is 21.4. The number of aromatic hydroxyl groups is 1. The van der Waals surface area contributed by atoms with Crippen LogP contribution in [0, 0.1) is 0 Å². The summed E-state index contributed by atoms with van der Waals surface area (Å²) in [6, 6.07) is 19.8. The first-order chi connectivity index (χ1) is 15.2. The van der Waals surface area contributed by atoms with E-state index in [4.69, 9.17) is 4.42 Å². The van der Waals surface area contributed by atoms with E-state index in [2.05, 4.69) is 11.8 Å². The number of hydrogen-bond acceptors (Lipinski definition) is 4. The highest BCUT2D eigenvalue weighted by Crippen LogP contribution is 2.37. The predicted octanol–water partition coefficient (Wildman–Crippen LogP) is 6.08. The van der Waals surface area contributed by atoms with Crippen LogP contribution in [0.2, 0.25) is 0 Å². The Morgan fingerprint density at radius 3 is 2.58 bits per heavy atom. The van der Waals surface area contributed by atoms with E-state index in [1.165, 1.54) is 19.3 Å². The van der Waals surface area contributed by atoms with E-state index in [9.17, 15) is 9.90 Å². The van der Waals surface area contributed by atoms with Gasteiger partial charge in [0.15, 0.2) is 0 Å². The summed E-state index contributed by atoms with van der Waals surface area (Å²) in [7, 11) is 0. The molecule has 31 heavy (non-hydrogen) atoms. The minimum absolute atomic E-state index is 0.285. The van der Waals surface area contributed by atoms with Crippen molar-refractivity contribution < 1.29 is 9.52 Å². The van der Waals surface area contributed by atoms with Gasteiger partial charge in [0.05, 0.1) is 0 Å². The Balaban J connectivity index is 1.63. The molecule has 4 heteroatoms. The van der Waals surface area contributed by atoms with Crippen LogP contribution in [0.3, 0.4) is 0 Å². The molecule has 0 radical (unpaired) electrons. The lowest BCUT2D eigenvalue weighted by atomic mass is 9.96. The Kier molecular flexibility index (Phi) is 5.24. The maximum Gasteiger partial charge on any atom is 0.336 e. The molecule has 1 aromatic heterocycles.